The molecule has 23 heavy (non-hydrogen) atoms. The molecule has 1 aromatic rings. The Hall–Kier alpha value is -1.89. The number of aromatic amines is 1. The molecule has 0 radical (unpaired) electrons. The van der Waals surface area contributed by atoms with E-state index < -0.39 is 0 Å². The lowest BCUT2D eigenvalue weighted by Gasteiger charge is -2.26. The Morgan fingerprint density at radius 2 is 2.17 bits per heavy atom. The Kier molecular flexibility index (Phi) is 4.66. The van der Waals surface area contributed by atoms with E-state index in [1.807, 2.05) is 11.8 Å². The van der Waals surface area contributed by atoms with E-state index in [2.05, 4.69) is 15.2 Å². The molecule has 0 aromatic carbocycles. The molecule has 2 N–H and O–H groups in total. The molecule has 3 heterocycles. The minimum atomic E-state index is -0.0175. The Labute approximate surface area is 136 Å². The molecule has 0 aliphatic carbocycles. The van der Waals surface area contributed by atoms with Crippen molar-refractivity contribution in [1.29, 1.82) is 0 Å². The number of carbonyl (C=O) groups excluding carboxylic acids is 1. The maximum absolute atomic E-state index is 12.4. The van der Waals surface area contributed by atoms with E-state index in [0.29, 0.717) is 12.5 Å². The van der Waals surface area contributed by atoms with Crippen molar-refractivity contribution in [3.8, 4) is 0 Å². The number of hydrogen-bond donors (Lipinski definition) is 2. The van der Waals surface area contributed by atoms with Gasteiger partial charge < -0.3 is 15.1 Å². The molecule has 1 amide bonds. The lowest BCUT2D eigenvalue weighted by molar-refractivity contribution is -0.130. The van der Waals surface area contributed by atoms with Crippen molar-refractivity contribution in [1.82, 2.24) is 20.2 Å². The van der Waals surface area contributed by atoms with Gasteiger partial charge in [-0.3, -0.25) is 14.6 Å². The third-order valence-corrected chi connectivity index (χ3v) is 4.83. The third-order valence-electron chi connectivity index (χ3n) is 4.83. The van der Waals surface area contributed by atoms with Crippen LogP contribution < -0.4 is 15.8 Å². The number of rotatable bonds is 3. The van der Waals surface area contributed by atoms with Crippen molar-refractivity contribution in [2.24, 2.45) is 0 Å². The van der Waals surface area contributed by atoms with Crippen molar-refractivity contribution in [3.63, 3.8) is 0 Å². The van der Waals surface area contributed by atoms with E-state index in [9.17, 15) is 9.59 Å². The van der Waals surface area contributed by atoms with Crippen LogP contribution in [-0.2, 0) is 17.6 Å². The number of likely N-dealkylation sites (N-methyl/N-ethyl adjacent to an activating group) is 1. The highest BCUT2D eigenvalue weighted by Crippen LogP contribution is 2.20. The second-order valence-corrected chi connectivity index (χ2v) is 6.26. The molecule has 7 heteroatoms. The van der Waals surface area contributed by atoms with Gasteiger partial charge in [0.15, 0.2) is 0 Å². The quantitative estimate of drug-likeness (QED) is 0.813. The number of amides is 1. The van der Waals surface area contributed by atoms with Crippen molar-refractivity contribution >= 4 is 11.9 Å². The van der Waals surface area contributed by atoms with Gasteiger partial charge in [0.1, 0.15) is 0 Å². The molecular weight excluding hydrogens is 294 g/mol. The van der Waals surface area contributed by atoms with E-state index in [-0.39, 0.29) is 17.5 Å². The van der Waals surface area contributed by atoms with Crippen molar-refractivity contribution < 1.29 is 4.79 Å². The number of nitrogens with one attached hydrogen (secondary N) is 2. The van der Waals surface area contributed by atoms with Gasteiger partial charge >= 0.3 is 0 Å². The fourth-order valence-corrected chi connectivity index (χ4v) is 3.62. The number of H-pyrrole nitrogens is 1. The Morgan fingerprint density at radius 3 is 2.91 bits per heavy atom. The van der Waals surface area contributed by atoms with Crippen LogP contribution in [-0.4, -0.2) is 59.5 Å². The molecule has 7 nitrogen and oxygen atoms in total. The monoisotopic (exact) mass is 319 g/mol. The molecule has 3 rings (SSSR count). The van der Waals surface area contributed by atoms with Crippen molar-refractivity contribution in [2.75, 3.05) is 37.6 Å². The molecule has 1 unspecified atom stereocenters. The first kappa shape index (κ1) is 16.0. The van der Waals surface area contributed by atoms with Gasteiger partial charge in [0, 0.05) is 45.1 Å². The zero-order valence-corrected chi connectivity index (χ0v) is 13.9. The lowest BCUT2D eigenvalue weighted by atomic mass is 10.1. The van der Waals surface area contributed by atoms with Gasteiger partial charge in [-0.15, -0.1) is 0 Å². The van der Waals surface area contributed by atoms with Gasteiger partial charge in [0.25, 0.3) is 5.56 Å². The molecule has 2 aliphatic rings. The largest absolute Gasteiger partial charge is 0.340 e. The molecule has 0 saturated carbocycles. The standard InChI is InChI=1S/C16H25N5O2/c1-3-21(11(2)22)12-6-9-20(10-12)16-18-14-5-8-17-7-4-13(14)15(23)19-16/h12,17H,3-10H2,1-2H3,(H,18,19,23). The number of hydrogen-bond acceptors (Lipinski definition) is 5. The van der Waals surface area contributed by atoms with E-state index in [1.54, 1.807) is 6.92 Å². The summed E-state index contributed by atoms with van der Waals surface area (Å²) >= 11 is 0. The molecular formula is C16H25N5O2. The van der Waals surface area contributed by atoms with Crippen molar-refractivity contribution in [2.45, 2.75) is 39.2 Å². The molecule has 0 bridgehead atoms. The minimum Gasteiger partial charge on any atom is -0.340 e. The van der Waals surface area contributed by atoms with Crippen LogP contribution in [0.2, 0.25) is 0 Å². The van der Waals surface area contributed by atoms with E-state index in [0.717, 1.165) is 56.7 Å². The van der Waals surface area contributed by atoms with Gasteiger partial charge in [0.2, 0.25) is 11.9 Å². The molecule has 1 atom stereocenters. The lowest BCUT2D eigenvalue weighted by Crippen LogP contribution is -2.41. The second-order valence-electron chi connectivity index (χ2n) is 6.26. The summed E-state index contributed by atoms with van der Waals surface area (Å²) in [6, 6.07) is 0.197. The smallest absolute Gasteiger partial charge is 0.255 e. The molecule has 0 spiro atoms. The van der Waals surface area contributed by atoms with Crippen LogP contribution in [0.5, 0.6) is 0 Å². The predicted molar refractivity (Wildman–Crippen MR) is 88.8 cm³/mol. The first-order valence-electron chi connectivity index (χ1n) is 8.45. The van der Waals surface area contributed by atoms with Crippen molar-refractivity contribution in [3.05, 3.63) is 21.6 Å². The first-order valence-corrected chi connectivity index (χ1v) is 8.45. The summed E-state index contributed by atoms with van der Waals surface area (Å²) in [6.45, 7) is 7.56. The van der Waals surface area contributed by atoms with E-state index in [1.165, 1.54) is 0 Å². The summed E-state index contributed by atoms with van der Waals surface area (Å²) in [5.41, 5.74) is 1.71. The highest BCUT2D eigenvalue weighted by molar-refractivity contribution is 5.73. The maximum atomic E-state index is 12.4. The average Bonchev–Trinajstić information content (AvgIpc) is 2.86. The summed E-state index contributed by atoms with van der Waals surface area (Å²) in [6.07, 6.45) is 2.43. The van der Waals surface area contributed by atoms with E-state index >= 15 is 0 Å². The van der Waals surface area contributed by atoms with Gasteiger partial charge in [-0.05, 0) is 26.3 Å². The number of carbonyl (C=O) groups is 1. The molecule has 1 fully saturated rings. The topological polar surface area (TPSA) is 81.3 Å². The van der Waals surface area contributed by atoms with Gasteiger partial charge in [-0.25, -0.2) is 4.98 Å². The number of aromatic nitrogens is 2. The van der Waals surface area contributed by atoms with E-state index in [4.69, 9.17) is 4.98 Å². The zero-order chi connectivity index (χ0) is 16.4. The predicted octanol–water partition coefficient (Wildman–Crippen LogP) is -0.0948. The van der Waals surface area contributed by atoms with Crippen LogP contribution in [0, 0.1) is 0 Å². The summed E-state index contributed by atoms with van der Waals surface area (Å²) in [7, 11) is 0. The van der Waals surface area contributed by atoms with Crippen LogP contribution in [0.3, 0.4) is 0 Å². The van der Waals surface area contributed by atoms with Crippen LogP contribution in [0.4, 0.5) is 5.95 Å². The Morgan fingerprint density at radius 1 is 1.39 bits per heavy atom. The highest BCUT2D eigenvalue weighted by atomic mass is 16.2. The van der Waals surface area contributed by atoms with Gasteiger partial charge in [-0.1, -0.05) is 0 Å². The molecule has 2 aliphatic heterocycles. The van der Waals surface area contributed by atoms with Crippen LogP contribution in [0.1, 0.15) is 31.5 Å². The third kappa shape index (κ3) is 3.24. The summed E-state index contributed by atoms with van der Waals surface area (Å²) in [5.74, 6) is 0.756. The fraction of sp³-hybridized carbons (Fsp3) is 0.688. The fourth-order valence-electron chi connectivity index (χ4n) is 3.62. The number of fused-ring (bicyclic) bond motifs is 1. The molecule has 126 valence electrons. The van der Waals surface area contributed by atoms with Crippen LogP contribution in [0.15, 0.2) is 4.79 Å². The molecule has 1 saturated heterocycles. The van der Waals surface area contributed by atoms with Gasteiger partial charge in [0.05, 0.1) is 11.7 Å². The Balaban J connectivity index is 1.81. The Bertz CT molecular complexity index is 642. The highest BCUT2D eigenvalue weighted by Gasteiger charge is 2.30. The number of nitrogens with zero attached hydrogens (tertiary/aromatic N) is 3. The number of anilines is 1. The summed E-state index contributed by atoms with van der Waals surface area (Å²) in [5, 5.41) is 3.30. The average molecular weight is 319 g/mol. The zero-order valence-electron chi connectivity index (χ0n) is 13.9. The minimum absolute atomic E-state index is 0.0175. The normalized spacial score (nSPS) is 21.0. The van der Waals surface area contributed by atoms with Crippen LogP contribution >= 0.6 is 0 Å². The second kappa shape index (κ2) is 6.70. The molecule has 1 aromatic heterocycles. The summed E-state index contributed by atoms with van der Waals surface area (Å²) in [4.78, 5) is 35.7. The van der Waals surface area contributed by atoms with Crippen LogP contribution in [0.25, 0.3) is 0 Å². The van der Waals surface area contributed by atoms with Gasteiger partial charge in [-0.2, -0.15) is 0 Å². The maximum Gasteiger partial charge on any atom is 0.255 e. The summed E-state index contributed by atoms with van der Waals surface area (Å²) < 4.78 is 0. The SMILES string of the molecule is CCN(C(C)=O)C1CCN(c2nc3c(c(=O)[nH]2)CCNCC3)C1. The first-order chi connectivity index (χ1) is 11.1.